The number of nitrogens with zero attached hydrogens (tertiary/aromatic N) is 3. The Morgan fingerprint density at radius 2 is 2.05 bits per heavy atom. The van der Waals surface area contributed by atoms with Crippen LogP contribution in [0.5, 0.6) is 0 Å². The van der Waals surface area contributed by atoms with Crippen molar-refractivity contribution in [2.24, 2.45) is 0 Å². The fourth-order valence-electron chi connectivity index (χ4n) is 2.07. The first-order valence-electron chi connectivity index (χ1n) is 5.95. The van der Waals surface area contributed by atoms with Crippen molar-refractivity contribution in [3.8, 4) is 0 Å². The number of hydrogen-bond acceptors (Lipinski definition) is 4. The highest BCUT2D eigenvalue weighted by Gasteiger charge is 2.11. The third-order valence-corrected chi connectivity index (χ3v) is 2.98. The van der Waals surface area contributed by atoms with Gasteiger partial charge in [0.2, 0.25) is 0 Å². The highest BCUT2D eigenvalue weighted by molar-refractivity contribution is 5.82. The molecule has 1 aromatic carbocycles. The van der Waals surface area contributed by atoms with Crippen molar-refractivity contribution < 1.29 is 0 Å². The van der Waals surface area contributed by atoms with Crippen molar-refractivity contribution in [3.63, 3.8) is 0 Å². The molecule has 6 nitrogen and oxygen atoms in total. The van der Waals surface area contributed by atoms with Crippen molar-refractivity contribution in [2.75, 3.05) is 12.4 Å². The largest absolute Gasteiger partial charge is 0.371 e. The summed E-state index contributed by atoms with van der Waals surface area (Å²) in [5, 5.41) is 2.94. The van der Waals surface area contributed by atoms with Crippen LogP contribution in [0.15, 0.2) is 41.5 Å². The van der Waals surface area contributed by atoms with Gasteiger partial charge in [0.15, 0.2) is 11.5 Å². The molecule has 3 rings (SSSR count). The number of hydrogen-bond donors (Lipinski definition) is 2. The Hall–Kier alpha value is -2.63. The monoisotopic (exact) mass is 255 g/mol. The molecule has 0 unspecified atom stereocenters. The first-order valence-corrected chi connectivity index (χ1v) is 5.95. The van der Waals surface area contributed by atoms with Gasteiger partial charge in [0.25, 0.3) is 0 Å². The van der Waals surface area contributed by atoms with Crippen LogP contribution in [0.4, 0.5) is 5.82 Å². The lowest BCUT2D eigenvalue weighted by Crippen LogP contribution is -2.17. The molecule has 2 N–H and O–H groups in total. The van der Waals surface area contributed by atoms with Gasteiger partial charge in [0.1, 0.15) is 11.8 Å². The third-order valence-electron chi connectivity index (χ3n) is 2.98. The topological polar surface area (TPSA) is 75.6 Å². The molecule has 3 aromatic rings. The molecule has 6 heteroatoms. The van der Waals surface area contributed by atoms with Crippen LogP contribution in [-0.4, -0.2) is 26.6 Å². The molecule has 96 valence electrons. The number of rotatable bonds is 3. The number of fused-ring (bicyclic) bond motifs is 1. The van der Waals surface area contributed by atoms with Crippen molar-refractivity contribution in [3.05, 3.63) is 52.7 Å². The fraction of sp³-hybridized carbons (Fsp3) is 0.154. The van der Waals surface area contributed by atoms with E-state index >= 15 is 0 Å². The second kappa shape index (κ2) is 4.56. The van der Waals surface area contributed by atoms with Crippen molar-refractivity contribution in [2.45, 2.75) is 6.54 Å². The standard InChI is InChI=1S/C13H13N5O/c1-14-11-10-12(16-8-15-11)18(13(19)17-10)7-9-5-3-2-4-6-9/h2-6,8H,7H2,1H3,(H,17,19)(H,14,15,16). The summed E-state index contributed by atoms with van der Waals surface area (Å²) in [5.41, 5.74) is 2.10. The number of anilines is 1. The van der Waals surface area contributed by atoms with Crippen molar-refractivity contribution in [1.82, 2.24) is 19.5 Å². The predicted octanol–water partition coefficient (Wildman–Crippen LogP) is 1.21. The van der Waals surface area contributed by atoms with E-state index in [9.17, 15) is 4.79 Å². The van der Waals surface area contributed by atoms with Crippen LogP contribution in [0.2, 0.25) is 0 Å². The average Bonchev–Trinajstić information content (AvgIpc) is 2.76. The van der Waals surface area contributed by atoms with Crippen molar-refractivity contribution in [1.29, 1.82) is 0 Å². The lowest BCUT2D eigenvalue weighted by molar-refractivity contribution is 0.777. The molecule has 19 heavy (non-hydrogen) atoms. The summed E-state index contributed by atoms with van der Waals surface area (Å²) >= 11 is 0. The second-order valence-electron chi connectivity index (χ2n) is 4.17. The molecule has 0 bridgehead atoms. The van der Waals surface area contributed by atoms with Crippen LogP contribution in [0.1, 0.15) is 5.56 Å². The highest BCUT2D eigenvalue weighted by atomic mass is 16.1. The van der Waals surface area contributed by atoms with Gasteiger partial charge in [0.05, 0.1) is 6.54 Å². The Balaban J connectivity index is 2.14. The Bertz CT molecular complexity index is 760. The molecular formula is C13H13N5O. The zero-order valence-electron chi connectivity index (χ0n) is 10.4. The van der Waals surface area contributed by atoms with Crippen LogP contribution in [0.25, 0.3) is 11.2 Å². The summed E-state index contributed by atoms with van der Waals surface area (Å²) < 4.78 is 1.60. The van der Waals surface area contributed by atoms with Gasteiger partial charge in [-0.05, 0) is 5.56 Å². The number of H-pyrrole nitrogens is 1. The summed E-state index contributed by atoms with van der Waals surface area (Å²) in [6.45, 7) is 0.486. The number of aromatic nitrogens is 4. The minimum absolute atomic E-state index is 0.184. The van der Waals surface area contributed by atoms with Gasteiger partial charge in [-0.3, -0.25) is 4.57 Å². The van der Waals surface area contributed by atoms with Crippen molar-refractivity contribution >= 4 is 17.0 Å². The van der Waals surface area contributed by atoms with E-state index in [2.05, 4.69) is 20.3 Å². The summed E-state index contributed by atoms with van der Waals surface area (Å²) in [6, 6.07) is 9.80. The minimum Gasteiger partial charge on any atom is -0.371 e. The zero-order chi connectivity index (χ0) is 13.2. The van der Waals surface area contributed by atoms with E-state index in [0.29, 0.717) is 23.5 Å². The molecule has 0 aliphatic carbocycles. The van der Waals surface area contributed by atoms with E-state index < -0.39 is 0 Å². The van der Waals surface area contributed by atoms with Crippen LogP contribution >= 0.6 is 0 Å². The molecule has 2 heterocycles. The van der Waals surface area contributed by atoms with Crippen LogP contribution in [0.3, 0.4) is 0 Å². The lowest BCUT2D eigenvalue weighted by Gasteiger charge is -2.03. The smallest absolute Gasteiger partial charge is 0.328 e. The molecular weight excluding hydrogens is 242 g/mol. The fourth-order valence-corrected chi connectivity index (χ4v) is 2.07. The summed E-state index contributed by atoms with van der Waals surface area (Å²) in [5.74, 6) is 0.619. The van der Waals surface area contributed by atoms with Gasteiger partial charge in [-0.2, -0.15) is 0 Å². The van der Waals surface area contributed by atoms with E-state index in [4.69, 9.17) is 0 Å². The summed E-state index contributed by atoms with van der Waals surface area (Å²) in [7, 11) is 1.76. The summed E-state index contributed by atoms with van der Waals surface area (Å²) in [4.78, 5) is 23.1. The number of aromatic amines is 1. The highest BCUT2D eigenvalue weighted by Crippen LogP contribution is 2.15. The van der Waals surface area contributed by atoms with E-state index in [1.807, 2.05) is 30.3 Å². The Morgan fingerprint density at radius 3 is 2.79 bits per heavy atom. The third kappa shape index (κ3) is 1.97. The molecule has 0 aliphatic rings. The number of benzene rings is 1. The zero-order valence-corrected chi connectivity index (χ0v) is 10.4. The maximum absolute atomic E-state index is 12.0. The molecule has 0 saturated heterocycles. The Morgan fingerprint density at radius 1 is 1.26 bits per heavy atom. The summed E-state index contributed by atoms with van der Waals surface area (Å²) in [6.07, 6.45) is 1.45. The number of nitrogens with one attached hydrogen (secondary N) is 2. The predicted molar refractivity (Wildman–Crippen MR) is 73.2 cm³/mol. The quantitative estimate of drug-likeness (QED) is 0.737. The molecule has 0 atom stereocenters. The molecule has 0 aliphatic heterocycles. The number of imidazole rings is 1. The molecule has 0 saturated carbocycles. The molecule has 0 radical (unpaired) electrons. The minimum atomic E-state index is -0.184. The van der Waals surface area contributed by atoms with Gasteiger partial charge >= 0.3 is 5.69 Å². The van der Waals surface area contributed by atoms with Gasteiger partial charge in [-0.25, -0.2) is 14.8 Å². The first-order chi connectivity index (χ1) is 9.29. The van der Waals surface area contributed by atoms with Gasteiger partial charge in [-0.1, -0.05) is 30.3 Å². The van der Waals surface area contributed by atoms with E-state index in [1.165, 1.54) is 6.33 Å². The van der Waals surface area contributed by atoms with E-state index in [-0.39, 0.29) is 5.69 Å². The lowest BCUT2D eigenvalue weighted by atomic mass is 10.2. The van der Waals surface area contributed by atoms with Gasteiger partial charge < -0.3 is 10.3 Å². The van der Waals surface area contributed by atoms with E-state index in [0.717, 1.165) is 5.56 Å². The second-order valence-corrected chi connectivity index (χ2v) is 4.17. The van der Waals surface area contributed by atoms with Crippen LogP contribution in [-0.2, 0) is 6.54 Å². The van der Waals surface area contributed by atoms with Crippen LogP contribution in [0, 0.1) is 0 Å². The maximum atomic E-state index is 12.0. The normalized spacial score (nSPS) is 10.8. The molecule has 0 spiro atoms. The average molecular weight is 255 g/mol. The molecule has 2 aromatic heterocycles. The Kier molecular flexibility index (Phi) is 2.75. The van der Waals surface area contributed by atoms with Gasteiger partial charge in [0, 0.05) is 7.05 Å². The van der Waals surface area contributed by atoms with E-state index in [1.54, 1.807) is 11.6 Å². The molecule has 0 fully saturated rings. The van der Waals surface area contributed by atoms with Crippen LogP contribution < -0.4 is 11.0 Å². The first kappa shape index (κ1) is 11.5. The Labute approximate surface area is 109 Å². The molecule has 0 amide bonds. The maximum Gasteiger partial charge on any atom is 0.328 e. The SMILES string of the molecule is CNc1ncnc2c1[nH]c(=O)n2Cc1ccccc1. The van der Waals surface area contributed by atoms with Gasteiger partial charge in [-0.15, -0.1) is 0 Å².